The highest BCUT2D eigenvalue weighted by atomic mass is 16.3. The van der Waals surface area contributed by atoms with Crippen molar-refractivity contribution in [2.24, 2.45) is 0 Å². The average molecular weight is 262 g/mol. The van der Waals surface area contributed by atoms with Gasteiger partial charge in [0.1, 0.15) is 5.75 Å². The van der Waals surface area contributed by atoms with Crippen molar-refractivity contribution in [1.29, 1.82) is 0 Å². The van der Waals surface area contributed by atoms with Gasteiger partial charge in [0.05, 0.1) is 12.1 Å². The van der Waals surface area contributed by atoms with E-state index in [9.17, 15) is 15.0 Å². The van der Waals surface area contributed by atoms with Gasteiger partial charge in [-0.05, 0) is 36.1 Å². The van der Waals surface area contributed by atoms with Gasteiger partial charge in [-0.2, -0.15) is 0 Å². The molecule has 1 amide bonds. The molecule has 19 heavy (non-hydrogen) atoms. The minimum Gasteiger partial charge on any atom is -0.508 e. The summed E-state index contributed by atoms with van der Waals surface area (Å²) in [6.45, 7) is 1.73. The molecule has 1 saturated heterocycles. The van der Waals surface area contributed by atoms with Crippen LogP contribution < -0.4 is 5.32 Å². The molecule has 1 aromatic rings. The summed E-state index contributed by atoms with van der Waals surface area (Å²) in [7, 11) is 0. The summed E-state index contributed by atoms with van der Waals surface area (Å²) in [4.78, 5) is 14.1. The quantitative estimate of drug-likeness (QED) is 0.666. The number of nitrogens with zero attached hydrogens (tertiary/aromatic N) is 1. The summed E-state index contributed by atoms with van der Waals surface area (Å²) < 4.78 is 0. The molecule has 0 aromatic heterocycles. The molecular formula is C14H18N2O3. The maximum absolute atomic E-state index is 12.3. The van der Waals surface area contributed by atoms with Crippen molar-refractivity contribution in [2.75, 3.05) is 13.1 Å². The standard InChI is InChI=1S/C14H18N2O3/c17-11-2-1-9-3-4-16(8-10(9)5-11)14(19)13-6-12(18)7-15-13/h1-2,5,12-13,15,17-18H,3-4,6-8H2/t12-,13+/m0/s1. The maximum atomic E-state index is 12.3. The van der Waals surface area contributed by atoms with Crippen LogP contribution in [-0.4, -0.2) is 46.3 Å². The number of benzene rings is 1. The normalized spacial score (nSPS) is 26.3. The number of amides is 1. The first-order chi connectivity index (χ1) is 9.13. The highest BCUT2D eigenvalue weighted by molar-refractivity contribution is 5.82. The topological polar surface area (TPSA) is 72.8 Å². The number of aliphatic hydroxyl groups excluding tert-OH is 1. The van der Waals surface area contributed by atoms with Crippen LogP contribution in [0.15, 0.2) is 18.2 Å². The van der Waals surface area contributed by atoms with E-state index in [4.69, 9.17) is 0 Å². The number of phenols is 1. The first-order valence-corrected chi connectivity index (χ1v) is 6.64. The van der Waals surface area contributed by atoms with E-state index >= 15 is 0 Å². The van der Waals surface area contributed by atoms with E-state index in [0.29, 0.717) is 26.1 Å². The molecule has 3 rings (SSSR count). The molecule has 0 unspecified atom stereocenters. The molecule has 0 saturated carbocycles. The van der Waals surface area contributed by atoms with Crippen molar-refractivity contribution in [1.82, 2.24) is 10.2 Å². The second kappa shape index (κ2) is 4.83. The lowest BCUT2D eigenvalue weighted by atomic mass is 9.98. The molecule has 2 heterocycles. The third-order valence-electron chi connectivity index (χ3n) is 3.92. The van der Waals surface area contributed by atoms with Gasteiger partial charge in [-0.15, -0.1) is 0 Å². The van der Waals surface area contributed by atoms with E-state index in [2.05, 4.69) is 5.32 Å². The number of hydrogen-bond donors (Lipinski definition) is 3. The summed E-state index contributed by atoms with van der Waals surface area (Å²) >= 11 is 0. The summed E-state index contributed by atoms with van der Waals surface area (Å²) in [6, 6.07) is 5.06. The molecule has 5 nitrogen and oxygen atoms in total. The van der Waals surface area contributed by atoms with Crippen molar-refractivity contribution in [2.45, 2.75) is 31.5 Å². The van der Waals surface area contributed by atoms with Crippen molar-refractivity contribution in [3.05, 3.63) is 29.3 Å². The number of carbonyl (C=O) groups is 1. The van der Waals surface area contributed by atoms with Crippen molar-refractivity contribution in [3.8, 4) is 5.75 Å². The van der Waals surface area contributed by atoms with Gasteiger partial charge in [-0.1, -0.05) is 6.07 Å². The van der Waals surface area contributed by atoms with Crippen molar-refractivity contribution >= 4 is 5.91 Å². The summed E-state index contributed by atoms with van der Waals surface area (Å²) in [5.41, 5.74) is 2.21. The first kappa shape index (κ1) is 12.4. The second-order valence-electron chi connectivity index (χ2n) is 5.31. The fourth-order valence-corrected chi connectivity index (χ4v) is 2.86. The highest BCUT2D eigenvalue weighted by Crippen LogP contribution is 2.24. The Balaban J connectivity index is 1.73. The van der Waals surface area contributed by atoms with Crippen molar-refractivity contribution < 1.29 is 15.0 Å². The van der Waals surface area contributed by atoms with E-state index in [-0.39, 0.29) is 17.7 Å². The third kappa shape index (κ3) is 2.43. The minimum absolute atomic E-state index is 0.0468. The van der Waals surface area contributed by atoms with Crippen LogP contribution in [0.1, 0.15) is 17.5 Å². The number of phenolic OH excluding ortho intramolecular Hbond substituents is 1. The maximum Gasteiger partial charge on any atom is 0.240 e. The fraction of sp³-hybridized carbons (Fsp3) is 0.500. The Morgan fingerprint density at radius 1 is 1.37 bits per heavy atom. The van der Waals surface area contributed by atoms with Crippen LogP contribution in [0.3, 0.4) is 0 Å². The number of β-amino-alcohol motifs (C(OH)–C–C–N with tert-alkyl or cyclic N) is 1. The largest absolute Gasteiger partial charge is 0.508 e. The SMILES string of the molecule is O=C([C@H]1C[C@H](O)CN1)N1CCc2ccc(O)cc2C1. The van der Waals surface area contributed by atoms with Gasteiger partial charge in [0.2, 0.25) is 5.91 Å². The van der Waals surface area contributed by atoms with Gasteiger partial charge in [-0.25, -0.2) is 0 Å². The van der Waals surface area contributed by atoms with E-state index in [0.717, 1.165) is 12.0 Å². The molecule has 1 fully saturated rings. The molecule has 2 atom stereocenters. The third-order valence-corrected chi connectivity index (χ3v) is 3.92. The number of hydrogen-bond acceptors (Lipinski definition) is 4. The Bertz CT molecular complexity index is 503. The Morgan fingerprint density at radius 3 is 2.95 bits per heavy atom. The lowest BCUT2D eigenvalue weighted by molar-refractivity contribution is -0.134. The number of aliphatic hydroxyl groups is 1. The molecule has 0 radical (unpaired) electrons. The fourth-order valence-electron chi connectivity index (χ4n) is 2.86. The zero-order valence-corrected chi connectivity index (χ0v) is 10.7. The zero-order chi connectivity index (χ0) is 13.4. The number of nitrogens with one attached hydrogen (secondary N) is 1. The van der Waals surface area contributed by atoms with Crippen molar-refractivity contribution in [3.63, 3.8) is 0 Å². The highest BCUT2D eigenvalue weighted by Gasteiger charge is 2.32. The van der Waals surface area contributed by atoms with Crippen LogP contribution in [0.4, 0.5) is 0 Å². The predicted molar refractivity (Wildman–Crippen MR) is 69.6 cm³/mol. The summed E-state index contributed by atoms with van der Waals surface area (Å²) in [5.74, 6) is 0.285. The average Bonchev–Trinajstić information content (AvgIpc) is 2.83. The van der Waals surface area contributed by atoms with Gasteiger partial charge >= 0.3 is 0 Å². The Morgan fingerprint density at radius 2 is 2.21 bits per heavy atom. The molecule has 102 valence electrons. The Kier molecular flexibility index (Phi) is 3.16. The molecular weight excluding hydrogens is 244 g/mol. The van der Waals surface area contributed by atoms with E-state index < -0.39 is 6.10 Å². The molecule has 0 bridgehead atoms. The Labute approximate surface area is 111 Å². The minimum atomic E-state index is -0.421. The van der Waals surface area contributed by atoms with Gasteiger partial charge in [0, 0.05) is 19.6 Å². The lowest BCUT2D eigenvalue weighted by Gasteiger charge is -2.31. The van der Waals surface area contributed by atoms with Crippen LogP contribution in [0, 0.1) is 0 Å². The molecule has 0 spiro atoms. The second-order valence-corrected chi connectivity index (χ2v) is 5.31. The number of aromatic hydroxyl groups is 1. The van der Waals surface area contributed by atoms with Crippen LogP contribution in [0.25, 0.3) is 0 Å². The lowest BCUT2D eigenvalue weighted by Crippen LogP contribution is -2.45. The monoisotopic (exact) mass is 262 g/mol. The Hall–Kier alpha value is -1.59. The van der Waals surface area contributed by atoms with Crippen LogP contribution in [0.5, 0.6) is 5.75 Å². The molecule has 2 aliphatic rings. The predicted octanol–water partition coefficient (Wildman–Crippen LogP) is -0.000300. The molecule has 2 aliphatic heterocycles. The van der Waals surface area contributed by atoms with Crippen LogP contribution >= 0.6 is 0 Å². The van der Waals surface area contributed by atoms with Gasteiger partial charge in [0.25, 0.3) is 0 Å². The molecule has 5 heteroatoms. The van der Waals surface area contributed by atoms with Crippen LogP contribution in [-0.2, 0) is 17.8 Å². The van der Waals surface area contributed by atoms with Gasteiger partial charge in [0.15, 0.2) is 0 Å². The van der Waals surface area contributed by atoms with E-state index in [1.54, 1.807) is 17.0 Å². The van der Waals surface area contributed by atoms with Gasteiger partial charge < -0.3 is 20.4 Å². The summed E-state index contributed by atoms with van der Waals surface area (Å²) in [6.07, 6.45) is 0.883. The van der Waals surface area contributed by atoms with Crippen LogP contribution in [0.2, 0.25) is 0 Å². The van der Waals surface area contributed by atoms with E-state index in [1.165, 1.54) is 5.56 Å². The molecule has 0 aliphatic carbocycles. The molecule has 3 N–H and O–H groups in total. The number of fused-ring (bicyclic) bond motifs is 1. The van der Waals surface area contributed by atoms with Gasteiger partial charge in [-0.3, -0.25) is 4.79 Å². The number of carbonyl (C=O) groups excluding carboxylic acids is 1. The first-order valence-electron chi connectivity index (χ1n) is 6.64. The number of rotatable bonds is 1. The smallest absolute Gasteiger partial charge is 0.240 e. The van der Waals surface area contributed by atoms with E-state index in [1.807, 2.05) is 6.07 Å². The summed E-state index contributed by atoms with van der Waals surface area (Å²) in [5, 5.41) is 22.0. The zero-order valence-electron chi connectivity index (χ0n) is 10.7. The molecule has 1 aromatic carbocycles.